The summed E-state index contributed by atoms with van der Waals surface area (Å²) in [5.74, 6) is -1.53. The Morgan fingerprint density at radius 2 is 1.68 bits per heavy atom. The standard InChI is InChI=1S/C26H22N4O4/c31-24(27-14-23-28-20-10-4-5-11-21(20)29-23)15-30-22-12-6-3-8-17(22)19(13-25(32)33)16-7-1-2-9-18(16)26(30)34/h1-12,19H,13-15H2,(H,27,31)(H,28,29)(H,32,33). The van der Waals surface area contributed by atoms with E-state index in [0.717, 1.165) is 11.0 Å². The average Bonchev–Trinajstić information content (AvgIpc) is 3.24. The zero-order valence-electron chi connectivity index (χ0n) is 18.2. The molecule has 8 heteroatoms. The maximum atomic E-state index is 13.5. The van der Waals surface area contributed by atoms with Gasteiger partial charge in [0.25, 0.3) is 5.91 Å². The maximum absolute atomic E-state index is 13.5. The minimum absolute atomic E-state index is 0.159. The molecule has 5 rings (SSSR count). The van der Waals surface area contributed by atoms with Crippen LogP contribution >= 0.6 is 0 Å². The van der Waals surface area contributed by atoms with Crippen molar-refractivity contribution in [3.05, 3.63) is 95.3 Å². The molecule has 34 heavy (non-hydrogen) atoms. The summed E-state index contributed by atoms with van der Waals surface area (Å²) in [6.07, 6.45) is -0.159. The summed E-state index contributed by atoms with van der Waals surface area (Å²) in [4.78, 5) is 47.1. The maximum Gasteiger partial charge on any atom is 0.304 e. The van der Waals surface area contributed by atoms with Crippen molar-refractivity contribution in [3.8, 4) is 0 Å². The van der Waals surface area contributed by atoms with Crippen LogP contribution in [0.25, 0.3) is 11.0 Å². The molecule has 1 aromatic heterocycles. The van der Waals surface area contributed by atoms with E-state index in [1.165, 1.54) is 4.90 Å². The Morgan fingerprint density at radius 3 is 2.47 bits per heavy atom. The number of H-pyrrole nitrogens is 1. The molecule has 8 nitrogen and oxygen atoms in total. The predicted octanol–water partition coefficient (Wildman–Crippen LogP) is 3.45. The smallest absolute Gasteiger partial charge is 0.304 e. The molecule has 2 heterocycles. The fraction of sp³-hybridized carbons (Fsp3) is 0.154. The summed E-state index contributed by atoms with van der Waals surface area (Å²) in [7, 11) is 0. The highest BCUT2D eigenvalue weighted by Crippen LogP contribution is 2.40. The van der Waals surface area contributed by atoms with E-state index in [-0.39, 0.29) is 31.3 Å². The minimum Gasteiger partial charge on any atom is -0.481 e. The number of carbonyl (C=O) groups is 3. The number of hydrogen-bond acceptors (Lipinski definition) is 4. The second kappa shape index (κ2) is 8.82. The molecular weight excluding hydrogens is 432 g/mol. The van der Waals surface area contributed by atoms with Crippen molar-refractivity contribution in [2.45, 2.75) is 18.9 Å². The fourth-order valence-corrected chi connectivity index (χ4v) is 4.47. The van der Waals surface area contributed by atoms with E-state index < -0.39 is 11.9 Å². The van der Waals surface area contributed by atoms with Gasteiger partial charge in [-0.2, -0.15) is 0 Å². The highest BCUT2D eigenvalue weighted by atomic mass is 16.4. The number of nitrogens with one attached hydrogen (secondary N) is 2. The lowest BCUT2D eigenvalue weighted by atomic mass is 9.86. The van der Waals surface area contributed by atoms with E-state index >= 15 is 0 Å². The highest BCUT2D eigenvalue weighted by molar-refractivity contribution is 6.11. The summed E-state index contributed by atoms with van der Waals surface area (Å²) < 4.78 is 0. The van der Waals surface area contributed by atoms with E-state index in [0.29, 0.717) is 28.2 Å². The number of carbonyl (C=O) groups excluding carboxylic acids is 2. The lowest BCUT2D eigenvalue weighted by Gasteiger charge is -2.23. The quantitative estimate of drug-likeness (QED) is 0.413. The zero-order chi connectivity index (χ0) is 23.7. The molecule has 1 unspecified atom stereocenters. The van der Waals surface area contributed by atoms with Gasteiger partial charge < -0.3 is 15.4 Å². The second-order valence-corrected chi connectivity index (χ2v) is 8.17. The summed E-state index contributed by atoms with van der Waals surface area (Å²) >= 11 is 0. The number of carboxylic acid groups (broad SMARTS) is 1. The van der Waals surface area contributed by atoms with Gasteiger partial charge in [0.15, 0.2) is 0 Å². The van der Waals surface area contributed by atoms with Crippen molar-refractivity contribution in [1.29, 1.82) is 0 Å². The molecule has 3 aromatic carbocycles. The Morgan fingerprint density at radius 1 is 0.971 bits per heavy atom. The van der Waals surface area contributed by atoms with Gasteiger partial charge in [-0.05, 0) is 35.4 Å². The van der Waals surface area contributed by atoms with Gasteiger partial charge in [-0.1, -0.05) is 48.5 Å². The number of carboxylic acids is 1. The van der Waals surface area contributed by atoms with E-state index in [1.807, 2.05) is 36.4 Å². The van der Waals surface area contributed by atoms with Gasteiger partial charge in [0, 0.05) is 17.2 Å². The lowest BCUT2D eigenvalue weighted by molar-refractivity contribution is -0.137. The third kappa shape index (κ3) is 4.01. The molecule has 170 valence electrons. The fourth-order valence-electron chi connectivity index (χ4n) is 4.47. The number of amides is 2. The third-order valence-corrected chi connectivity index (χ3v) is 5.99. The SMILES string of the molecule is O=C(O)CC1c2ccccc2C(=O)N(CC(=O)NCc2nc3ccccc3[nH]2)c2ccccc21. The number of imidazole rings is 1. The molecule has 3 N–H and O–H groups in total. The molecule has 0 spiro atoms. The van der Waals surface area contributed by atoms with Gasteiger partial charge in [0.2, 0.25) is 5.91 Å². The monoisotopic (exact) mass is 454 g/mol. The van der Waals surface area contributed by atoms with Gasteiger partial charge in [-0.25, -0.2) is 4.98 Å². The van der Waals surface area contributed by atoms with Gasteiger partial charge >= 0.3 is 5.97 Å². The number of aromatic nitrogens is 2. The number of aromatic amines is 1. The van der Waals surface area contributed by atoms with E-state index in [2.05, 4.69) is 15.3 Å². The number of hydrogen-bond donors (Lipinski definition) is 3. The Kier molecular flexibility index (Phi) is 5.55. The normalized spacial score (nSPS) is 14.9. The second-order valence-electron chi connectivity index (χ2n) is 8.17. The van der Waals surface area contributed by atoms with Gasteiger partial charge in [-0.3, -0.25) is 19.3 Å². The molecule has 1 atom stereocenters. The number of benzene rings is 3. The molecule has 0 radical (unpaired) electrons. The first-order valence-electron chi connectivity index (χ1n) is 10.9. The number of para-hydroxylation sites is 3. The van der Waals surface area contributed by atoms with Crippen LogP contribution in [0.15, 0.2) is 72.8 Å². The van der Waals surface area contributed by atoms with Crippen molar-refractivity contribution in [1.82, 2.24) is 15.3 Å². The van der Waals surface area contributed by atoms with Crippen molar-refractivity contribution >= 4 is 34.5 Å². The van der Waals surface area contributed by atoms with Crippen molar-refractivity contribution in [2.75, 3.05) is 11.4 Å². The molecule has 0 saturated carbocycles. The molecule has 1 aliphatic heterocycles. The largest absolute Gasteiger partial charge is 0.481 e. The minimum atomic E-state index is -0.959. The number of rotatable bonds is 6. The molecule has 2 amide bonds. The van der Waals surface area contributed by atoms with Crippen LogP contribution in [-0.4, -0.2) is 39.4 Å². The first-order valence-corrected chi connectivity index (χ1v) is 10.9. The van der Waals surface area contributed by atoms with Gasteiger partial charge in [0.1, 0.15) is 12.4 Å². The molecule has 0 aliphatic carbocycles. The number of fused-ring (bicyclic) bond motifs is 3. The van der Waals surface area contributed by atoms with Gasteiger partial charge in [0.05, 0.1) is 24.0 Å². The molecular formula is C26H22N4O4. The van der Waals surface area contributed by atoms with Crippen LogP contribution in [0, 0.1) is 0 Å². The molecule has 4 aromatic rings. The van der Waals surface area contributed by atoms with E-state index in [9.17, 15) is 19.5 Å². The van der Waals surface area contributed by atoms with Crippen LogP contribution in [0.4, 0.5) is 5.69 Å². The van der Waals surface area contributed by atoms with Crippen LogP contribution in [0.2, 0.25) is 0 Å². The zero-order valence-corrected chi connectivity index (χ0v) is 18.2. The summed E-state index contributed by atoms with van der Waals surface area (Å²) in [5.41, 5.74) is 3.97. The van der Waals surface area contributed by atoms with E-state index in [4.69, 9.17) is 0 Å². The lowest BCUT2D eigenvalue weighted by Crippen LogP contribution is -2.40. The van der Waals surface area contributed by atoms with Crippen molar-refractivity contribution in [2.24, 2.45) is 0 Å². The van der Waals surface area contributed by atoms with Crippen LogP contribution in [0.5, 0.6) is 0 Å². The average molecular weight is 454 g/mol. The molecule has 0 saturated heterocycles. The van der Waals surface area contributed by atoms with Crippen LogP contribution in [0.3, 0.4) is 0 Å². The highest BCUT2D eigenvalue weighted by Gasteiger charge is 2.34. The predicted molar refractivity (Wildman–Crippen MR) is 127 cm³/mol. The summed E-state index contributed by atoms with van der Waals surface area (Å²) in [6.45, 7) is -0.0143. The Hall–Kier alpha value is -4.46. The summed E-state index contributed by atoms with van der Waals surface area (Å²) in [6, 6.07) is 21.7. The first-order chi connectivity index (χ1) is 16.5. The van der Waals surface area contributed by atoms with Crippen molar-refractivity contribution < 1.29 is 19.5 Å². The third-order valence-electron chi connectivity index (χ3n) is 5.99. The Balaban J connectivity index is 1.43. The van der Waals surface area contributed by atoms with Crippen LogP contribution in [0.1, 0.15) is 39.6 Å². The summed E-state index contributed by atoms with van der Waals surface area (Å²) in [5, 5.41) is 12.4. The van der Waals surface area contributed by atoms with E-state index in [1.54, 1.807) is 36.4 Å². The van der Waals surface area contributed by atoms with Crippen molar-refractivity contribution in [3.63, 3.8) is 0 Å². The Bertz CT molecular complexity index is 1380. The van der Waals surface area contributed by atoms with Crippen LogP contribution in [-0.2, 0) is 16.1 Å². The molecule has 1 aliphatic rings. The van der Waals surface area contributed by atoms with Crippen LogP contribution < -0.4 is 10.2 Å². The number of aliphatic carboxylic acids is 1. The number of anilines is 1. The molecule has 0 fully saturated rings. The van der Waals surface area contributed by atoms with Gasteiger partial charge in [-0.15, -0.1) is 0 Å². The first kappa shape index (κ1) is 21.4. The topological polar surface area (TPSA) is 115 Å². The Labute approximate surface area is 195 Å². The molecule has 0 bridgehead atoms. The number of nitrogens with zero attached hydrogens (tertiary/aromatic N) is 2.